The monoisotopic (exact) mass is 343 g/mol. The number of amides is 1. The molecule has 25 heavy (non-hydrogen) atoms. The summed E-state index contributed by atoms with van der Waals surface area (Å²) in [5.41, 5.74) is 0.975. The quantitative estimate of drug-likeness (QED) is 0.835. The van der Waals surface area contributed by atoms with E-state index in [9.17, 15) is 9.59 Å². The fourth-order valence-electron chi connectivity index (χ4n) is 2.34. The summed E-state index contributed by atoms with van der Waals surface area (Å²) in [6.45, 7) is 2.12. The minimum absolute atomic E-state index is 0.102. The summed E-state index contributed by atoms with van der Waals surface area (Å²) in [6.07, 6.45) is -0.766. The first-order chi connectivity index (χ1) is 12.0. The molecule has 3 rings (SSSR count). The average Bonchev–Trinajstić information content (AvgIpc) is 3.07. The Balaban J connectivity index is 1.56. The minimum atomic E-state index is -1.05. The zero-order valence-electron chi connectivity index (χ0n) is 13.5. The maximum absolute atomic E-state index is 12.2. The Kier molecular flexibility index (Phi) is 4.74. The molecule has 0 radical (unpaired) electrons. The Morgan fingerprint density at radius 1 is 1.20 bits per heavy atom. The summed E-state index contributed by atoms with van der Waals surface area (Å²) in [6, 6.07) is 11.5. The molecule has 1 aliphatic rings. The number of ether oxygens (including phenoxy) is 3. The van der Waals surface area contributed by atoms with Crippen LogP contribution in [0.15, 0.2) is 42.5 Å². The predicted octanol–water partition coefficient (Wildman–Crippen LogP) is 2.20. The van der Waals surface area contributed by atoms with Gasteiger partial charge in [-0.2, -0.15) is 0 Å². The zero-order chi connectivity index (χ0) is 17.8. The molecule has 0 saturated carbocycles. The number of hydrogen-bond donors (Lipinski definition) is 2. The summed E-state index contributed by atoms with van der Waals surface area (Å²) in [5.74, 6) is 0.306. The second kappa shape index (κ2) is 7.12. The molecule has 2 N–H and O–H groups in total. The molecule has 1 aliphatic heterocycles. The SMILES string of the molecule is C[C@@H](Oc1cccc(C(=O)O)c1)C(=O)NCc1ccc2c(c1)OCO2. The Hall–Kier alpha value is -3.22. The fourth-order valence-corrected chi connectivity index (χ4v) is 2.34. The number of rotatable bonds is 6. The Morgan fingerprint density at radius 3 is 2.80 bits per heavy atom. The molecule has 2 aromatic carbocycles. The van der Waals surface area contributed by atoms with Crippen LogP contribution in [-0.2, 0) is 11.3 Å². The van der Waals surface area contributed by atoms with E-state index >= 15 is 0 Å². The van der Waals surface area contributed by atoms with Gasteiger partial charge in [-0.1, -0.05) is 12.1 Å². The van der Waals surface area contributed by atoms with Crippen LogP contribution in [0.25, 0.3) is 0 Å². The van der Waals surface area contributed by atoms with E-state index < -0.39 is 12.1 Å². The molecule has 0 fully saturated rings. The van der Waals surface area contributed by atoms with Crippen molar-refractivity contribution in [2.45, 2.75) is 19.6 Å². The van der Waals surface area contributed by atoms with E-state index in [0.29, 0.717) is 23.8 Å². The van der Waals surface area contributed by atoms with E-state index in [1.165, 1.54) is 12.1 Å². The van der Waals surface area contributed by atoms with Crippen molar-refractivity contribution in [1.29, 1.82) is 0 Å². The maximum Gasteiger partial charge on any atom is 0.335 e. The number of carboxylic acid groups (broad SMARTS) is 1. The number of aromatic carboxylic acids is 1. The van der Waals surface area contributed by atoms with Crippen LogP contribution in [-0.4, -0.2) is 29.9 Å². The predicted molar refractivity (Wildman–Crippen MR) is 87.9 cm³/mol. The number of benzene rings is 2. The second-order valence-corrected chi connectivity index (χ2v) is 5.50. The fraction of sp³-hybridized carbons (Fsp3) is 0.222. The molecule has 0 saturated heterocycles. The molecule has 0 aliphatic carbocycles. The number of hydrogen-bond acceptors (Lipinski definition) is 5. The molecular weight excluding hydrogens is 326 g/mol. The zero-order valence-corrected chi connectivity index (χ0v) is 13.5. The van der Waals surface area contributed by atoms with E-state index in [0.717, 1.165) is 5.56 Å². The summed E-state index contributed by atoms with van der Waals surface area (Å²) < 4.78 is 16.0. The van der Waals surface area contributed by atoms with E-state index in [4.69, 9.17) is 19.3 Å². The van der Waals surface area contributed by atoms with Crippen LogP contribution in [0.2, 0.25) is 0 Å². The van der Waals surface area contributed by atoms with Crippen molar-refractivity contribution in [3.63, 3.8) is 0 Å². The second-order valence-electron chi connectivity index (χ2n) is 5.50. The van der Waals surface area contributed by atoms with Crippen LogP contribution in [0, 0.1) is 0 Å². The highest BCUT2D eigenvalue weighted by Crippen LogP contribution is 2.32. The van der Waals surface area contributed by atoms with E-state index in [2.05, 4.69) is 5.32 Å². The summed E-state index contributed by atoms with van der Waals surface area (Å²) in [5, 5.41) is 11.7. The van der Waals surface area contributed by atoms with Gasteiger partial charge < -0.3 is 24.6 Å². The Labute approximate surface area is 144 Å². The first kappa shape index (κ1) is 16.6. The highest BCUT2D eigenvalue weighted by atomic mass is 16.7. The van der Waals surface area contributed by atoms with Crippen LogP contribution in [0.4, 0.5) is 0 Å². The van der Waals surface area contributed by atoms with Gasteiger partial charge in [0.15, 0.2) is 17.6 Å². The van der Waals surface area contributed by atoms with Crippen LogP contribution >= 0.6 is 0 Å². The van der Waals surface area contributed by atoms with Gasteiger partial charge in [-0.25, -0.2) is 4.79 Å². The largest absolute Gasteiger partial charge is 0.481 e. The van der Waals surface area contributed by atoms with Gasteiger partial charge >= 0.3 is 5.97 Å². The average molecular weight is 343 g/mol. The van der Waals surface area contributed by atoms with Gasteiger partial charge in [-0.3, -0.25) is 4.79 Å². The van der Waals surface area contributed by atoms with Crippen molar-refractivity contribution in [3.05, 3.63) is 53.6 Å². The Morgan fingerprint density at radius 2 is 2.00 bits per heavy atom. The molecule has 1 heterocycles. The van der Waals surface area contributed by atoms with Gasteiger partial charge in [-0.05, 0) is 42.8 Å². The molecule has 7 nitrogen and oxygen atoms in total. The van der Waals surface area contributed by atoms with Crippen LogP contribution in [0.3, 0.4) is 0 Å². The third-order valence-electron chi connectivity index (χ3n) is 3.67. The molecule has 1 atom stereocenters. The molecule has 130 valence electrons. The smallest absolute Gasteiger partial charge is 0.335 e. The van der Waals surface area contributed by atoms with Gasteiger partial charge in [-0.15, -0.1) is 0 Å². The number of nitrogens with one attached hydrogen (secondary N) is 1. The molecule has 1 amide bonds. The van der Waals surface area contributed by atoms with Gasteiger partial charge in [0, 0.05) is 6.54 Å². The molecule has 0 bridgehead atoms. The molecule has 0 spiro atoms. The van der Waals surface area contributed by atoms with Crippen molar-refractivity contribution >= 4 is 11.9 Å². The van der Waals surface area contributed by atoms with Crippen LogP contribution in [0.5, 0.6) is 17.2 Å². The topological polar surface area (TPSA) is 94.1 Å². The highest BCUT2D eigenvalue weighted by molar-refractivity contribution is 5.88. The lowest BCUT2D eigenvalue weighted by Gasteiger charge is -2.15. The van der Waals surface area contributed by atoms with Gasteiger partial charge in [0.1, 0.15) is 5.75 Å². The molecule has 7 heteroatoms. The molecule has 0 unspecified atom stereocenters. The molecule has 2 aromatic rings. The highest BCUT2D eigenvalue weighted by Gasteiger charge is 2.17. The third kappa shape index (κ3) is 4.00. The third-order valence-corrected chi connectivity index (χ3v) is 3.67. The summed E-state index contributed by atoms with van der Waals surface area (Å²) >= 11 is 0. The Bertz CT molecular complexity index is 804. The maximum atomic E-state index is 12.2. The van der Waals surface area contributed by atoms with E-state index in [1.807, 2.05) is 12.1 Å². The molecular formula is C18H17NO6. The normalized spacial score (nSPS) is 13.2. The van der Waals surface area contributed by atoms with Crippen molar-refractivity contribution in [2.24, 2.45) is 0 Å². The first-order valence-corrected chi connectivity index (χ1v) is 7.69. The van der Waals surface area contributed by atoms with Crippen LogP contribution in [0.1, 0.15) is 22.8 Å². The van der Waals surface area contributed by atoms with Gasteiger partial charge in [0.25, 0.3) is 5.91 Å². The summed E-state index contributed by atoms with van der Waals surface area (Å²) in [7, 11) is 0. The standard InChI is InChI=1S/C18H17NO6/c1-11(25-14-4-2-3-13(8-14)18(21)22)17(20)19-9-12-5-6-15-16(7-12)24-10-23-15/h2-8,11H,9-10H2,1H3,(H,19,20)(H,21,22)/t11-/m1/s1. The van der Waals surface area contributed by atoms with Crippen molar-refractivity contribution in [3.8, 4) is 17.2 Å². The lowest BCUT2D eigenvalue weighted by atomic mass is 10.2. The van der Waals surface area contributed by atoms with Crippen molar-refractivity contribution < 1.29 is 28.9 Å². The summed E-state index contributed by atoms with van der Waals surface area (Å²) in [4.78, 5) is 23.1. The minimum Gasteiger partial charge on any atom is -0.481 e. The lowest BCUT2D eigenvalue weighted by Crippen LogP contribution is -2.35. The van der Waals surface area contributed by atoms with Gasteiger partial charge in [0.2, 0.25) is 6.79 Å². The lowest BCUT2D eigenvalue weighted by molar-refractivity contribution is -0.127. The molecule has 0 aromatic heterocycles. The number of fused-ring (bicyclic) bond motifs is 1. The first-order valence-electron chi connectivity index (χ1n) is 7.69. The van der Waals surface area contributed by atoms with E-state index in [-0.39, 0.29) is 18.3 Å². The van der Waals surface area contributed by atoms with Crippen LogP contribution < -0.4 is 19.5 Å². The van der Waals surface area contributed by atoms with Crippen molar-refractivity contribution in [2.75, 3.05) is 6.79 Å². The van der Waals surface area contributed by atoms with Crippen molar-refractivity contribution in [1.82, 2.24) is 5.32 Å². The van der Waals surface area contributed by atoms with E-state index in [1.54, 1.807) is 25.1 Å². The number of carbonyl (C=O) groups excluding carboxylic acids is 1. The number of carbonyl (C=O) groups is 2. The van der Waals surface area contributed by atoms with Gasteiger partial charge in [0.05, 0.1) is 5.56 Å². The number of carboxylic acids is 1.